The summed E-state index contributed by atoms with van der Waals surface area (Å²) >= 11 is 5.80. The first-order chi connectivity index (χ1) is 6.81. The molecule has 0 amide bonds. The van der Waals surface area contributed by atoms with E-state index in [-0.39, 0.29) is 0 Å². The van der Waals surface area contributed by atoms with E-state index in [1.54, 1.807) is 12.5 Å². The molecule has 0 saturated heterocycles. The Kier molecular flexibility index (Phi) is 2.55. The number of aromatic nitrogens is 1. The highest BCUT2D eigenvalue weighted by Gasteiger charge is 2.05. The molecule has 14 heavy (non-hydrogen) atoms. The van der Waals surface area contributed by atoms with Crippen molar-refractivity contribution in [3.63, 3.8) is 0 Å². The summed E-state index contributed by atoms with van der Waals surface area (Å²) in [7, 11) is 0. The van der Waals surface area contributed by atoms with Crippen molar-refractivity contribution in [3.8, 4) is 11.5 Å². The van der Waals surface area contributed by atoms with Crippen molar-refractivity contribution >= 4 is 11.6 Å². The standard InChI is InChI=1S/C11H9ClNO/c1-8-2-3-9(6-10(8)7-12)11-13-4-5-14-11/h2,4-6H,7H2,1H3. The number of benzene rings is 1. The molecule has 1 radical (unpaired) electrons. The third kappa shape index (κ3) is 1.66. The minimum Gasteiger partial charge on any atom is -0.445 e. The van der Waals surface area contributed by atoms with Crippen LogP contribution in [0.25, 0.3) is 11.5 Å². The van der Waals surface area contributed by atoms with Gasteiger partial charge in [0.1, 0.15) is 6.26 Å². The molecule has 71 valence electrons. The van der Waals surface area contributed by atoms with E-state index in [1.807, 2.05) is 19.1 Å². The lowest BCUT2D eigenvalue weighted by atomic mass is 10.1. The Balaban J connectivity index is 2.46. The van der Waals surface area contributed by atoms with Gasteiger partial charge in [-0.2, -0.15) is 0 Å². The second-order valence-corrected chi connectivity index (χ2v) is 3.29. The molecule has 1 aromatic heterocycles. The van der Waals surface area contributed by atoms with Crippen LogP contribution in [0.1, 0.15) is 11.1 Å². The molecule has 0 atom stereocenters. The quantitative estimate of drug-likeness (QED) is 0.706. The molecule has 0 aliphatic heterocycles. The van der Waals surface area contributed by atoms with E-state index in [9.17, 15) is 0 Å². The smallest absolute Gasteiger partial charge is 0.226 e. The highest BCUT2D eigenvalue weighted by Crippen LogP contribution is 2.21. The number of alkyl halides is 1. The minimum atomic E-state index is 0.494. The Bertz CT molecular complexity index is 423. The van der Waals surface area contributed by atoms with E-state index in [0.29, 0.717) is 11.8 Å². The number of aryl methyl sites for hydroxylation is 1. The Morgan fingerprint density at radius 1 is 1.57 bits per heavy atom. The maximum atomic E-state index is 5.80. The van der Waals surface area contributed by atoms with Crippen molar-refractivity contribution in [1.82, 2.24) is 4.98 Å². The van der Waals surface area contributed by atoms with E-state index in [0.717, 1.165) is 16.7 Å². The number of hydrogen-bond acceptors (Lipinski definition) is 2. The summed E-state index contributed by atoms with van der Waals surface area (Å²) < 4.78 is 5.17. The molecule has 3 heteroatoms. The molecule has 2 aromatic rings. The molecule has 0 spiro atoms. The lowest BCUT2D eigenvalue weighted by Gasteiger charge is -2.02. The molecule has 0 fully saturated rings. The summed E-state index contributed by atoms with van der Waals surface area (Å²) in [6.45, 7) is 2.01. The minimum absolute atomic E-state index is 0.494. The fraction of sp³-hybridized carbons (Fsp3) is 0.182. The van der Waals surface area contributed by atoms with Gasteiger partial charge in [-0.3, -0.25) is 0 Å². The number of halogens is 1. The zero-order valence-corrected chi connectivity index (χ0v) is 8.51. The monoisotopic (exact) mass is 206 g/mol. The lowest BCUT2D eigenvalue weighted by molar-refractivity contribution is 0.574. The van der Waals surface area contributed by atoms with Crippen molar-refractivity contribution in [2.24, 2.45) is 0 Å². The van der Waals surface area contributed by atoms with Crippen molar-refractivity contribution in [1.29, 1.82) is 0 Å². The van der Waals surface area contributed by atoms with Crippen molar-refractivity contribution in [2.45, 2.75) is 12.8 Å². The highest BCUT2D eigenvalue weighted by molar-refractivity contribution is 6.17. The van der Waals surface area contributed by atoms with Crippen LogP contribution in [0.3, 0.4) is 0 Å². The predicted octanol–water partition coefficient (Wildman–Crippen LogP) is 3.19. The van der Waals surface area contributed by atoms with Gasteiger partial charge in [0.15, 0.2) is 0 Å². The zero-order valence-electron chi connectivity index (χ0n) is 7.75. The van der Waals surface area contributed by atoms with Crippen molar-refractivity contribution < 1.29 is 4.42 Å². The Labute approximate surface area is 87.5 Å². The van der Waals surface area contributed by atoms with Gasteiger partial charge in [0.2, 0.25) is 5.89 Å². The molecule has 1 heterocycles. The molecule has 0 unspecified atom stereocenters. The van der Waals surface area contributed by atoms with Gasteiger partial charge in [0.05, 0.1) is 6.20 Å². The van der Waals surface area contributed by atoms with Crippen LogP contribution in [0.5, 0.6) is 0 Å². The second-order valence-electron chi connectivity index (χ2n) is 3.03. The zero-order chi connectivity index (χ0) is 9.97. The van der Waals surface area contributed by atoms with Crippen LogP contribution in [0.2, 0.25) is 0 Å². The average Bonchev–Trinajstić information content (AvgIpc) is 2.71. The van der Waals surface area contributed by atoms with E-state index < -0.39 is 0 Å². The van der Waals surface area contributed by atoms with Gasteiger partial charge >= 0.3 is 0 Å². The van der Waals surface area contributed by atoms with Crippen LogP contribution in [0.15, 0.2) is 29.0 Å². The average molecular weight is 207 g/mol. The number of nitrogens with zero attached hydrogens (tertiary/aromatic N) is 1. The summed E-state index contributed by atoms with van der Waals surface area (Å²) in [6.07, 6.45) is 3.16. The van der Waals surface area contributed by atoms with Gasteiger partial charge in [-0.25, -0.2) is 4.98 Å². The van der Waals surface area contributed by atoms with Crippen molar-refractivity contribution in [3.05, 3.63) is 41.8 Å². The molecule has 0 bridgehead atoms. The van der Waals surface area contributed by atoms with Gasteiger partial charge in [-0.05, 0) is 30.2 Å². The molecule has 1 aromatic carbocycles. The number of hydrogen-bond donors (Lipinski definition) is 0. The molecule has 0 aliphatic carbocycles. The molecule has 0 saturated carbocycles. The molecule has 2 rings (SSSR count). The van der Waals surface area contributed by atoms with E-state index in [2.05, 4.69) is 11.1 Å². The first kappa shape index (κ1) is 9.28. The van der Waals surface area contributed by atoms with E-state index >= 15 is 0 Å². The first-order valence-electron chi connectivity index (χ1n) is 4.28. The highest BCUT2D eigenvalue weighted by atomic mass is 35.5. The normalized spacial score (nSPS) is 10.4. The summed E-state index contributed by atoms with van der Waals surface area (Å²) in [5.74, 6) is 1.07. The molecule has 0 N–H and O–H groups in total. The van der Waals surface area contributed by atoms with Crippen LogP contribution in [-0.4, -0.2) is 4.98 Å². The Morgan fingerprint density at radius 2 is 2.43 bits per heavy atom. The fourth-order valence-corrected chi connectivity index (χ4v) is 1.52. The van der Waals surface area contributed by atoms with Crippen LogP contribution < -0.4 is 0 Å². The molecule has 2 nitrogen and oxygen atoms in total. The molecule has 0 aliphatic rings. The van der Waals surface area contributed by atoms with Crippen molar-refractivity contribution in [2.75, 3.05) is 0 Å². The molecular weight excluding hydrogens is 198 g/mol. The van der Waals surface area contributed by atoms with Gasteiger partial charge in [-0.15, -0.1) is 11.6 Å². The third-order valence-corrected chi connectivity index (χ3v) is 2.36. The third-order valence-electron chi connectivity index (χ3n) is 2.08. The summed E-state index contributed by atoms with van der Waals surface area (Å²) in [5.41, 5.74) is 3.06. The van der Waals surface area contributed by atoms with Gasteiger partial charge in [-0.1, -0.05) is 6.07 Å². The Hall–Kier alpha value is -1.28. The Morgan fingerprint density at radius 3 is 3.07 bits per heavy atom. The number of rotatable bonds is 2. The van der Waals surface area contributed by atoms with Crippen LogP contribution in [-0.2, 0) is 5.88 Å². The first-order valence-corrected chi connectivity index (χ1v) is 4.82. The van der Waals surface area contributed by atoms with E-state index in [1.165, 1.54) is 0 Å². The van der Waals surface area contributed by atoms with Gasteiger partial charge in [0, 0.05) is 11.4 Å². The summed E-state index contributed by atoms with van der Waals surface area (Å²) in [5, 5.41) is 0. The maximum absolute atomic E-state index is 5.80. The topological polar surface area (TPSA) is 26.0 Å². The van der Waals surface area contributed by atoms with Crippen LogP contribution in [0.4, 0.5) is 0 Å². The molecular formula is C11H9ClNO. The predicted molar refractivity (Wildman–Crippen MR) is 55.1 cm³/mol. The van der Waals surface area contributed by atoms with E-state index in [4.69, 9.17) is 16.0 Å². The maximum Gasteiger partial charge on any atom is 0.226 e. The van der Waals surface area contributed by atoms with Gasteiger partial charge in [0.25, 0.3) is 0 Å². The second kappa shape index (κ2) is 3.84. The lowest BCUT2D eigenvalue weighted by Crippen LogP contribution is -1.86. The van der Waals surface area contributed by atoms with Crippen LogP contribution >= 0.6 is 11.6 Å². The SMILES string of the molecule is Cc1c[c]c(-c2ncco2)cc1CCl. The fourth-order valence-electron chi connectivity index (χ4n) is 1.23. The van der Waals surface area contributed by atoms with Gasteiger partial charge < -0.3 is 4.42 Å². The van der Waals surface area contributed by atoms with Crippen LogP contribution in [0, 0.1) is 13.0 Å². The largest absolute Gasteiger partial charge is 0.445 e. The number of oxazole rings is 1. The summed E-state index contributed by atoms with van der Waals surface area (Å²) in [6, 6.07) is 6.95. The summed E-state index contributed by atoms with van der Waals surface area (Å²) in [4.78, 5) is 4.05.